The molecule has 6 nitrogen and oxygen atoms in total. The number of halogens is 1. The number of aliphatic hydroxyl groups is 2. The lowest BCUT2D eigenvalue weighted by Gasteiger charge is -2.08. The Bertz CT molecular complexity index is 370. The van der Waals surface area contributed by atoms with E-state index >= 15 is 0 Å². The van der Waals surface area contributed by atoms with Gasteiger partial charge in [0.15, 0.2) is 0 Å². The Kier molecular flexibility index (Phi) is 3.13. The van der Waals surface area contributed by atoms with Crippen molar-refractivity contribution in [3.8, 4) is 0 Å². The number of nitrogens with two attached hydrogens (primary N) is 1. The first-order valence-corrected chi connectivity index (χ1v) is 5.33. The quantitative estimate of drug-likeness (QED) is 0.550. The summed E-state index contributed by atoms with van der Waals surface area (Å²) in [7, 11) is 0. The predicted octanol–water partition coefficient (Wildman–Crippen LogP) is -0.134. The van der Waals surface area contributed by atoms with Gasteiger partial charge in [-0.1, -0.05) is 11.6 Å². The summed E-state index contributed by atoms with van der Waals surface area (Å²) in [6, 6.07) is 1.67. The second kappa shape index (κ2) is 4.40. The van der Waals surface area contributed by atoms with Crippen LogP contribution >= 0.6 is 11.6 Å². The van der Waals surface area contributed by atoms with E-state index in [0.29, 0.717) is 5.82 Å². The van der Waals surface area contributed by atoms with Crippen molar-refractivity contribution in [2.45, 2.75) is 18.6 Å². The van der Waals surface area contributed by atoms with E-state index in [2.05, 4.69) is 15.3 Å². The summed E-state index contributed by atoms with van der Waals surface area (Å²) in [4.78, 5) is 7.70. The van der Waals surface area contributed by atoms with E-state index in [-0.39, 0.29) is 29.7 Å². The van der Waals surface area contributed by atoms with E-state index in [1.807, 2.05) is 0 Å². The second-order valence-corrected chi connectivity index (χ2v) is 4.22. The van der Waals surface area contributed by atoms with E-state index < -0.39 is 6.10 Å². The molecular formula is C9H13ClN4O2. The van der Waals surface area contributed by atoms with Gasteiger partial charge in [-0.2, -0.15) is 4.98 Å². The summed E-state index contributed by atoms with van der Waals surface area (Å²) in [5.41, 5.74) is 5.44. The van der Waals surface area contributed by atoms with Crippen molar-refractivity contribution in [3.05, 3.63) is 11.2 Å². The fourth-order valence-corrected chi connectivity index (χ4v) is 1.83. The van der Waals surface area contributed by atoms with Crippen molar-refractivity contribution >= 4 is 23.4 Å². The summed E-state index contributed by atoms with van der Waals surface area (Å²) in [5.74, 6) is 0.699. The molecule has 3 unspecified atom stereocenters. The van der Waals surface area contributed by atoms with Crippen LogP contribution in [0, 0.1) is 5.92 Å². The Morgan fingerprint density at radius 1 is 1.62 bits per heavy atom. The molecule has 1 aromatic heterocycles. The maximum atomic E-state index is 9.38. The zero-order valence-electron chi connectivity index (χ0n) is 8.47. The molecule has 0 spiro atoms. The minimum Gasteiger partial charge on any atom is -0.394 e. The second-order valence-electron chi connectivity index (χ2n) is 3.83. The SMILES string of the molecule is Nc1nc(Cl)cc(NC2CC2C(O)CO)n1. The molecule has 0 radical (unpaired) electrons. The van der Waals surface area contributed by atoms with Crippen LogP contribution < -0.4 is 11.1 Å². The van der Waals surface area contributed by atoms with Crippen LogP contribution in [0.15, 0.2) is 6.07 Å². The molecule has 2 rings (SSSR count). The summed E-state index contributed by atoms with van der Waals surface area (Å²) in [6.45, 7) is -0.227. The topological polar surface area (TPSA) is 104 Å². The highest BCUT2D eigenvalue weighted by atomic mass is 35.5. The van der Waals surface area contributed by atoms with Crippen LogP contribution in [0.1, 0.15) is 6.42 Å². The van der Waals surface area contributed by atoms with Gasteiger partial charge in [0, 0.05) is 18.0 Å². The fourth-order valence-electron chi connectivity index (χ4n) is 1.64. The highest BCUT2D eigenvalue weighted by molar-refractivity contribution is 6.29. The minimum absolute atomic E-state index is 0.0555. The first kappa shape index (κ1) is 11.4. The van der Waals surface area contributed by atoms with Crippen LogP contribution in [0.2, 0.25) is 5.15 Å². The molecule has 1 aliphatic rings. The molecule has 5 N–H and O–H groups in total. The number of nitrogen functional groups attached to an aromatic ring is 1. The number of nitrogens with one attached hydrogen (secondary N) is 1. The Morgan fingerprint density at radius 2 is 2.38 bits per heavy atom. The minimum atomic E-state index is -0.688. The molecule has 1 aromatic rings. The molecule has 0 aromatic carbocycles. The fraction of sp³-hybridized carbons (Fsp3) is 0.556. The highest BCUT2D eigenvalue weighted by Gasteiger charge is 2.42. The predicted molar refractivity (Wildman–Crippen MR) is 60.1 cm³/mol. The Morgan fingerprint density at radius 3 is 3.00 bits per heavy atom. The molecular weight excluding hydrogens is 232 g/mol. The number of hydrogen-bond donors (Lipinski definition) is 4. The van der Waals surface area contributed by atoms with Gasteiger partial charge in [-0.05, 0) is 6.42 Å². The third-order valence-corrected chi connectivity index (χ3v) is 2.76. The normalized spacial score (nSPS) is 25.2. The van der Waals surface area contributed by atoms with E-state index in [1.165, 1.54) is 0 Å². The van der Waals surface area contributed by atoms with Crippen molar-refractivity contribution in [2.75, 3.05) is 17.7 Å². The summed E-state index contributed by atoms with van der Waals surface area (Å²) in [5, 5.41) is 21.5. The van der Waals surface area contributed by atoms with E-state index in [1.54, 1.807) is 6.07 Å². The van der Waals surface area contributed by atoms with E-state index in [0.717, 1.165) is 6.42 Å². The number of nitrogens with zero attached hydrogens (tertiary/aromatic N) is 2. The number of aliphatic hydroxyl groups excluding tert-OH is 2. The largest absolute Gasteiger partial charge is 0.394 e. The maximum Gasteiger partial charge on any atom is 0.223 e. The standard InChI is InChI=1S/C9H13ClN4O2/c10-7-2-8(14-9(11)13-7)12-5-1-4(5)6(16)3-15/h2,4-6,15-16H,1,3H2,(H3,11,12,13,14). The van der Waals surface area contributed by atoms with Crippen LogP contribution in [0.5, 0.6) is 0 Å². The van der Waals surface area contributed by atoms with Gasteiger partial charge in [-0.3, -0.25) is 0 Å². The third kappa shape index (κ3) is 2.52. The molecule has 0 bridgehead atoms. The third-order valence-electron chi connectivity index (χ3n) is 2.57. The van der Waals surface area contributed by atoms with Gasteiger partial charge in [-0.25, -0.2) is 4.98 Å². The lowest BCUT2D eigenvalue weighted by Crippen LogP contribution is -2.19. The zero-order valence-corrected chi connectivity index (χ0v) is 9.22. The van der Waals surface area contributed by atoms with Crippen LogP contribution in [0.4, 0.5) is 11.8 Å². The number of aromatic nitrogens is 2. The molecule has 1 saturated carbocycles. The van der Waals surface area contributed by atoms with Crippen molar-refractivity contribution in [1.29, 1.82) is 0 Å². The van der Waals surface area contributed by atoms with Crippen molar-refractivity contribution in [3.63, 3.8) is 0 Å². The maximum absolute atomic E-state index is 9.38. The van der Waals surface area contributed by atoms with Gasteiger partial charge < -0.3 is 21.3 Å². The van der Waals surface area contributed by atoms with Crippen LogP contribution in [-0.2, 0) is 0 Å². The molecule has 3 atom stereocenters. The van der Waals surface area contributed by atoms with Crippen LogP contribution in [-0.4, -0.2) is 38.9 Å². The van der Waals surface area contributed by atoms with Gasteiger partial charge in [0.2, 0.25) is 5.95 Å². The molecule has 1 fully saturated rings. The van der Waals surface area contributed by atoms with Crippen LogP contribution in [0.25, 0.3) is 0 Å². The van der Waals surface area contributed by atoms with Gasteiger partial charge in [-0.15, -0.1) is 0 Å². The summed E-state index contributed by atoms with van der Waals surface area (Å²) in [6.07, 6.45) is 0.107. The monoisotopic (exact) mass is 244 g/mol. The Hall–Kier alpha value is -1.11. The molecule has 0 aliphatic heterocycles. The van der Waals surface area contributed by atoms with E-state index in [4.69, 9.17) is 22.4 Å². The van der Waals surface area contributed by atoms with Crippen molar-refractivity contribution < 1.29 is 10.2 Å². The Labute approximate surface area is 97.5 Å². The molecule has 0 saturated heterocycles. The van der Waals surface area contributed by atoms with Gasteiger partial charge in [0.05, 0.1) is 12.7 Å². The van der Waals surface area contributed by atoms with E-state index in [9.17, 15) is 5.11 Å². The smallest absolute Gasteiger partial charge is 0.223 e. The first-order chi connectivity index (χ1) is 7.60. The average Bonchev–Trinajstić information content (AvgIpc) is 2.94. The molecule has 7 heteroatoms. The molecule has 16 heavy (non-hydrogen) atoms. The average molecular weight is 245 g/mol. The zero-order chi connectivity index (χ0) is 11.7. The first-order valence-electron chi connectivity index (χ1n) is 4.95. The van der Waals surface area contributed by atoms with Gasteiger partial charge >= 0.3 is 0 Å². The number of rotatable bonds is 4. The van der Waals surface area contributed by atoms with Crippen molar-refractivity contribution in [1.82, 2.24) is 9.97 Å². The van der Waals surface area contributed by atoms with Crippen LogP contribution in [0.3, 0.4) is 0 Å². The lowest BCUT2D eigenvalue weighted by molar-refractivity contribution is 0.0772. The summed E-state index contributed by atoms with van der Waals surface area (Å²) >= 11 is 5.72. The number of hydrogen-bond acceptors (Lipinski definition) is 6. The van der Waals surface area contributed by atoms with Gasteiger partial charge in [0.1, 0.15) is 11.0 Å². The highest BCUT2D eigenvalue weighted by Crippen LogP contribution is 2.36. The molecule has 88 valence electrons. The van der Waals surface area contributed by atoms with Gasteiger partial charge in [0.25, 0.3) is 0 Å². The Balaban J connectivity index is 1.96. The molecule has 1 heterocycles. The molecule has 1 aliphatic carbocycles. The lowest BCUT2D eigenvalue weighted by atomic mass is 10.2. The number of anilines is 2. The summed E-state index contributed by atoms with van der Waals surface area (Å²) < 4.78 is 0. The molecule has 0 amide bonds. The van der Waals surface area contributed by atoms with Crippen molar-refractivity contribution in [2.24, 2.45) is 5.92 Å².